The molecule has 3 N–H and O–H groups in total. The Bertz CT molecular complexity index is 1060. The van der Waals surface area contributed by atoms with E-state index in [1.54, 1.807) is 32.0 Å². The first-order chi connectivity index (χ1) is 14.6. The second kappa shape index (κ2) is 11.3. The van der Waals surface area contributed by atoms with E-state index >= 15 is 0 Å². The van der Waals surface area contributed by atoms with Crippen molar-refractivity contribution < 1.29 is 22.7 Å². The van der Waals surface area contributed by atoms with Crippen LogP contribution in [0.5, 0.6) is 5.75 Å². The largest absolute Gasteiger partial charge is 0.492 e. The molecule has 0 radical (unpaired) electrons. The van der Waals surface area contributed by atoms with Crippen molar-refractivity contribution in [2.45, 2.75) is 31.6 Å². The molecule has 0 saturated heterocycles. The smallest absolute Gasteiger partial charge is 0.269 e. The second-order valence-electron chi connectivity index (χ2n) is 6.51. The number of amides is 2. The molecular weight excluding hydrogens is 465 g/mol. The average Bonchev–Trinajstić information content (AvgIpc) is 2.70. The van der Waals surface area contributed by atoms with Crippen LogP contribution >= 0.6 is 23.2 Å². The zero-order valence-electron chi connectivity index (χ0n) is 17.0. The van der Waals surface area contributed by atoms with E-state index in [1.807, 2.05) is 0 Å². The zero-order chi connectivity index (χ0) is 23.0. The summed E-state index contributed by atoms with van der Waals surface area (Å²) in [6.07, 6.45) is 0.482. The van der Waals surface area contributed by atoms with Gasteiger partial charge in [0.1, 0.15) is 5.75 Å². The quantitative estimate of drug-likeness (QED) is 0.371. The van der Waals surface area contributed by atoms with Crippen molar-refractivity contribution in [2.24, 2.45) is 0 Å². The van der Waals surface area contributed by atoms with E-state index in [1.165, 1.54) is 18.2 Å². The van der Waals surface area contributed by atoms with E-state index in [0.717, 1.165) is 0 Å². The molecule has 2 aromatic rings. The molecular formula is C20H23Cl2N3O5S. The van der Waals surface area contributed by atoms with Crippen molar-refractivity contribution in [3.8, 4) is 5.75 Å². The lowest BCUT2D eigenvalue weighted by atomic mass is 10.1. The van der Waals surface area contributed by atoms with E-state index in [9.17, 15) is 18.0 Å². The first-order valence-electron chi connectivity index (χ1n) is 9.41. The molecule has 2 rings (SSSR count). The molecule has 0 unspecified atom stereocenters. The number of carbonyl (C=O) groups excluding carboxylic acids is 2. The Labute approximate surface area is 191 Å². The molecule has 0 bridgehead atoms. The van der Waals surface area contributed by atoms with Gasteiger partial charge in [0.05, 0.1) is 16.5 Å². The van der Waals surface area contributed by atoms with Crippen LogP contribution in [0.1, 0.15) is 35.7 Å². The summed E-state index contributed by atoms with van der Waals surface area (Å²) in [5.41, 5.74) is 5.30. The van der Waals surface area contributed by atoms with Gasteiger partial charge in [0, 0.05) is 23.6 Å². The van der Waals surface area contributed by atoms with Crippen LogP contribution in [0.2, 0.25) is 10.0 Å². The van der Waals surface area contributed by atoms with Crippen LogP contribution in [0.25, 0.3) is 0 Å². The molecule has 0 atom stereocenters. The number of carbonyl (C=O) groups is 2. The van der Waals surface area contributed by atoms with Crippen molar-refractivity contribution in [3.05, 3.63) is 57.6 Å². The summed E-state index contributed by atoms with van der Waals surface area (Å²) in [5.74, 6) is -0.584. The molecule has 2 aromatic carbocycles. The van der Waals surface area contributed by atoms with Crippen LogP contribution in [-0.2, 0) is 14.8 Å². The molecule has 0 fully saturated rings. The van der Waals surface area contributed by atoms with Crippen molar-refractivity contribution in [1.29, 1.82) is 0 Å². The van der Waals surface area contributed by atoms with Crippen molar-refractivity contribution in [3.63, 3.8) is 0 Å². The van der Waals surface area contributed by atoms with Crippen LogP contribution in [0, 0.1) is 6.92 Å². The lowest BCUT2D eigenvalue weighted by molar-refractivity contribution is -0.122. The maximum atomic E-state index is 12.4. The number of hydrogen-bond acceptors (Lipinski definition) is 5. The third kappa shape index (κ3) is 7.39. The summed E-state index contributed by atoms with van der Waals surface area (Å²) < 4.78 is 32.1. The molecule has 2 amide bonds. The van der Waals surface area contributed by atoms with E-state index in [4.69, 9.17) is 27.9 Å². The summed E-state index contributed by atoms with van der Waals surface area (Å²) in [7, 11) is -3.71. The number of benzene rings is 2. The summed E-state index contributed by atoms with van der Waals surface area (Å²) in [6, 6.07) is 9.04. The van der Waals surface area contributed by atoms with Gasteiger partial charge in [0.2, 0.25) is 15.9 Å². The highest BCUT2D eigenvalue weighted by atomic mass is 35.5. The molecule has 0 aromatic heterocycles. The Balaban J connectivity index is 1.84. The van der Waals surface area contributed by atoms with Crippen LogP contribution in [0.4, 0.5) is 0 Å². The molecule has 0 aliphatic heterocycles. The molecule has 0 spiro atoms. The standard InChI is InChI=1S/C20H23Cl2N3O5S/c1-3-23-31(28,29)15-8-6-13(2)16(12-15)20(27)25-24-19(26)5-4-10-30-18-9-7-14(21)11-17(18)22/h6-9,11-12,23H,3-5,10H2,1-2H3,(H,24,26)(H,25,27). The monoisotopic (exact) mass is 487 g/mol. The average molecular weight is 488 g/mol. The third-order valence-corrected chi connectivity index (χ3v) is 6.19. The van der Waals surface area contributed by atoms with Gasteiger partial charge in [-0.1, -0.05) is 36.2 Å². The molecule has 0 heterocycles. The van der Waals surface area contributed by atoms with E-state index in [-0.39, 0.29) is 30.0 Å². The minimum Gasteiger partial charge on any atom is -0.492 e. The van der Waals surface area contributed by atoms with E-state index in [0.29, 0.717) is 27.8 Å². The van der Waals surface area contributed by atoms with Gasteiger partial charge in [0.15, 0.2) is 0 Å². The van der Waals surface area contributed by atoms with Crippen LogP contribution in [-0.4, -0.2) is 33.4 Å². The van der Waals surface area contributed by atoms with Gasteiger partial charge in [-0.25, -0.2) is 13.1 Å². The summed E-state index contributed by atoms with van der Waals surface area (Å²) in [5, 5.41) is 0.866. The lowest BCUT2D eigenvalue weighted by Crippen LogP contribution is -2.42. The molecule has 0 saturated carbocycles. The molecule has 11 heteroatoms. The number of ether oxygens (including phenoxy) is 1. The normalized spacial score (nSPS) is 11.1. The summed E-state index contributed by atoms with van der Waals surface area (Å²) in [4.78, 5) is 24.3. The van der Waals surface area contributed by atoms with Gasteiger partial charge in [-0.15, -0.1) is 0 Å². The van der Waals surface area contributed by atoms with E-state index < -0.39 is 21.8 Å². The minimum absolute atomic E-state index is 0.0329. The van der Waals surface area contributed by atoms with Gasteiger partial charge in [-0.2, -0.15) is 0 Å². The molecule has 0 aliphatic rings. The van der Waals surface area contributed by atoms with Gasteiger partial charge in [-0.05, 0) is 49.2 Å². The summed E-state index contributed by atoms with van der Waals surface area (Å²) in [6.45, 7) is 3.79. The maximum absolute atomic E-state index is 12.4. The summed E-state index contributed by atoms with van der Waals surface area (Å²) >= 11 is 11.8. The fourth-order valence-corrected chi connectivity index (χ4v) is 4.08. The van der Waals surface area contributed by atoms with Gasteiger partial charge in [0.25, 0.3) is 5.91 Å². The van der Waals surface area contributed by atoms with Gasteiger partial charge >= 0.3 is 0 Å². The SMILES string of the molecule is CCNS(=O)(=O)c1ccc(C)c(C(=O)NNC(=O)CCCOc2ccc(Cl)cc2Cl)c1. The fourth-order valence-electron chi connectivity index (χ4n) is 2.55. The van der Waals surface area contributed by atoms with Crippen molar-refractivity contribution in [1.82, 2.24) is 15.6 Å². The number of sulfonamides is 1. The Hall–Kier alpha value is -2.33. The number of hydrogen-bond donors (Lipinski definition) is 3. The van der Waals surface area contributed by atoms with Gasteiger partial charge in [-0.3, -0.25) is 20.4 Å². The first kappa shape index (κ1) is 24.9. The Morgan fingerprint density at radius 1 is 1.06 bits per heavy atom. The zero-order valence-corrected chi connectivity index (χ0v) is 19.3. The highest BCUT2D eigenvalue weighted by molar-refractivity contribution is 7.89. The topological polar surface area (TPSA) is 114 Å². The second-order valence-corrected chi connectivity index (χ2v) is 9.12. The third-order valence-electron chi connectivity index (χ3n) is 4.11. The predicted octanol–water partition coefficient (Wildman–Crippen LogP) is 3.22. The Kier molecular flexibility index (Phi) is 9.12. The van der Waals surface area contributed by atoms with E-state index in [2.05, 4.69) is 15.6 Å². The molecule has 168 valence electrons. The number of halogens is 2. The highest BCUT2D eigenvalue weighted by Gasteiger charge is 2.17. The Morgan fingerprint density at radius 2 is 1.81 bits per heavy atom. The Morgan fingerprint density at radius 3 is 2.48 bits per heavy atom. The molecule has 0 aliphatic carbocycles. The minimum atomic E-state index is -3.71. The molecule has 31 heavy (non-hydrogen) atoms. The number of rotatable bonds is 9. The molecule has 8 nitrogen and oxygen atoms in total. The maximum Gasteiger partial charge on any atom is 0.269 e. The van der Waals surface area contributed by atoms with Crippen molar-refractivity contribution >= 4 is 45.0 Å². The number of nitrogens with one attached hydrogen (secondary N) is 3. The number of hydrazine groups is 1. The van der Waals surface area contributed by atoms with Crippen molar-refractivity contribution in [2.75, 3.05) is 13.2 Å². The lowest BCUT2D eigenvalue weighted by Gasteiger charge is -2.12. The van der Waals surface area contributed by atoms with Crippen LogP contribution in [0.15, 0.2) is 41.3 Å². The highest BCUT2D eigenvalue weighted by Crippen LogP contribution is 2.27. The first-order valence-corrected chi connectivity index (χ1v) is 11.6. The van der Waals surface area contributed by atoms with Crippen LogP contribution in [0.3, 0.4) is 0 Å². The van der Waals surface area contributed by atoms with Gasteiger partial charge < -0.3 is 4.74 Å². The van der Waals surface area contributed by atoms with Crippen LogP contribution < -0.4 is 20.3 Å². The fraction of sp³-hybridized carbons (Fsp3) is 0.300. The predicted molar refractivity (Wildman–Crippen MR) is 119 cm³/mol. The number of aryl methyl sites for hydroxylation is 1.